The summed E-state index contributed by atoms with van der Waals surface area (Å²) in [5.74, 6) is -0.964. The minimum Gasteiger partial charge on any atom is -0.324 e. The first-order chi connectivity index (χ1) is 11.9. The average Bonchev–Trinajstić information content (AvgIpc) is 2.60. The van der Waals surface area contributed by atoms with E-state index in [2.05, 4.69) is 10.0 Å². The molecule has 0 fully saturated rings. The molecule has 7 heteroatoms. The Bertz CT molecular complexity index is 836. The molecule has 25 heavy (non-hydrogen) atoms. The van der Waals surface area contributed by atoms with Crippen molar-refractivity contribution < 1.29 is 17.6 Å². The van der Waals surface area contributed by atoms with Crippen LogP contribution in [0.15, 0.2) is 53.4 Å². The Kier molecular flexibility index (Phi) is 6.27. The Morgan fingerprint density at radius 1 is 1.08 bits per heavy atom. The number of benzene rings is 2. The Balaban J connectivity index is 2.16. The van der Waals surface area contributed by atoms with Crippen LogP contribution in [0, 0.1) is 5.82 Å². The van der Waals surface area contributed by atoms with Crippen molar-refractivity contribution in [1.82, 2.24) is 4.72 Å². The molecule has 2 aromatic rings. The fraction of sp³-hybridized carbons (Fsp3) is 0.278. The summed E-state index contributed by atoms with van der Waals surface area (Å²) < 4.78 is 40.1. The van der Waals surface area contributed by atoms with Crippen LogP contribution in [0.4, 0.5) is 10.1 Å². The Hall–Kier alpha value is -2.25. The third kappa shape index (κ3) is 4.87. The lowest BCUT2D eigenvalue weighted by atomic mass is 10.1. The third-order valence-electron chi connectivity index (χ3n) is 3.80. The van der Waals surface area contributed by atoms with Crippen molar-refractivity contribution in [2.24, 2.45) is 0 Å². The molecule has 0 radical (unpaired) electrons. The highest BCUT2D eigenvalue weighted by atomic mass is 32.2. The summed E-state index contributed by atoms with van der Waals surface area (Å²) in [4.78, 5) is 12.4. The van der Waals surface area contributed by atoms with Gasteiger partial charge in [-0.15, -0.1) is 0 Å². The molecule has 1 atom stereocenters. The maximum absolute atomic E-state index is 13.0. The molecule has 2 N–H and O–H groups in total. The van der Waals surface area contributed by atoms with Crippen LogP contribution in [0.5, 0.6) is 0 Å². The first kappa shape index (κ1) is 19.1. The van der Waals surface area contributed by atoms with Crippen LogP contribution in [0.3, 0.4) is 0 Å². The lowest BCUT2D eigenvalue weighted by Crippen LogP contribution is -2.43. The van der Waals surface area contributed by atoms with E-state index in [0.29, 0.717) is 5.69 Å². The summed E-state index contributed by atoms with van der Waals surface area (Å²) in [6, 6.07) is 10.9. The van der Waals surface area contributed by atoms with Gasteiger partial charge in [-0.3, -0.25) is 4.79 Å². The van der Waals surface area contributed by atoms with Crippen molar-refractivity contribution in [3.8, 4) is 0 Å². The van der Waals surface area contributed by atoms with Gasteiger partial charge in [-0.05, 0) is 48.7 Å². The quantitative estimate of drug-likeness (QED) is 0.793. The van der Waals surface area contributed by atoms with Crippen molar-refractivity contribution in [2.75, 3.05) is 5.32 Å². The standard InChI is InChI=1S/C18H21FN2O3S/c1-3-13-7-5-6-8-17(13)20-18(22)16(4-2)21-25(23,24)15-11-9-14(19)10-12-15/h5-12,16,21H,3-4H2,1-2H3,(H,20,22). The maximum Gasteiger partial charge on any atom is 0.242 e. The van der Waals surface area contributed by atoms with Crippen molar-refractivity contribution in [2.45, 2.75) is 37.6 Å². The summed E-state index contributed by atoms with van der Waals surface area (Å²) >= 11 is 0. The molecule has 0 heterocycles. The SMILES string of the molecule is CCc1ccccc1NC(=O)C(CC)NS(=O)(=O)c1ccc(F)cc1. The second kappa shape index (κ2) is 8.22. The number of para-hydroxylation sites is 1. The van der Waals surface area contributed by atoms with Gasteiger partial charge in [-0.25, -0.2) is 12.8 Å². The molecule has 0 aliphatic carbocycles. The number of hydrogen-bond donors (Lipinski definition) is 2. The predicted octanol–water partition coefficient (Wildman–Crippen LogP) is 3.08. The number of sulfonamides is 1. The van der Waals surface area contributed by atoms with E-state index in [1.54, 1.807) is 19.1 Å². The minimum absolute atomic E-state index is 0.0888. The molecule has 1 unspecified atom stereocenters. The highest BCUT2D eigenvalue weighted by Crippen LogP contribution is 2.17. The first-order valence-electron chi connectivity index (χ1n) is 8.04. The molecular weight excluding hydrogens is 343 g/mol. The highest BCUT2D eigenvalue weighted by Gasteiger charge is 2.24. The van der Waals surface area contributed by atoms with Gasteiger partial charge in [0.2, 0.25) is 15.9 Å². The van der Waals surface area contributed by atoms with Crippen molar-refractivity contribution in [1.29, 1.82) is 0 Å². The van der Waals surface area contributed by atoms with E-state index >= 15 is 0 Å². The van der Waals surface area contributed by atoms with Gasteiger partial charge in [0.25, 0.3) is 0 Å². The van der Waals surface area contributed by atoms with E-state index in [1.807, 2.05) is 19.1 Å². The lowest BCUT2D eigenvalue weighted by molar-refractivity contribution is -0.117. The minimum atomic E-state index is -3.92. The van der Waals surface area contributed by atoms with Crippen LogP contribution >= 0.6 is 0 Å². The molecule has 0 aromatic heterocycles. The highest BCUT2D eigenvalue weighted by molar-refractivity contribution is 7.89. The van der Waals surface area contributed by atoms with E-state index in [1.165, 1.54) is 0 Å². The predicted molar refractivity (Wildman–Crippen MR) is 95.3 cm³/mol. The van der Waals surface area contributed by atoms with Crippen molar-refractivity contribution >= 4 is 21.6 Å². The van der Waals surface area contributed by atoms with E-state index in [-0.39, 0.29) is 11.3 Å². The van der Waals surface area contributed by atoms with Crippen LogP contribution in [0.1, 0.15) is 25.8 Å². The number of hydrogen-bond acceptors (Lipinski definition) is 3. The molecule has 2 rings (SSSR count). The van der Waals surface area contributed by atoms with Gasteiger partial charge in [-0.2, -0.15) is 4.72 Å². The first-order valence-corrected chi connectivity index (χ1v) is 9.52. The van der Waals surface area contributed by atoms with Crippen LogP contribution in [0.25, 0.3) is 0 Å². The summed E-state index contributed by atoms with van der Waals surface area (Å²) in [5, 5.41) is 2.77. The zero-order chi connectivity index (χ0) is 18.4. The second-order valence-electron chi connectivity index (χ2n) is 5.54. The van der Waals surface area contributed by atoms with Crippen molar-refractivity contribution in [3.05, 3.63) is 59.9 Å². The van der Waals surface area contributed by atoms with E-state index < -0.39 is 27.8 Å². The second-order valence-corrected chi connectivity index (χ2v) is 7.25. The van der Waals surface area contributed by atoms with Gasteiger partial charge in [0.05, 0.1) is 4.90 Å². The molecule has 0 saturated heterocycles. The van der Waals surface area contributed by atoms with Gasteiger partial charge in [0, 0.05) is 5.69 Å². The summed E-state index contributed by atoms with van der Waals surface area (Å²) in [7, 11) is -3.92. The molecule has 1 amide bonds. The fourth-order valence-corrected chi connectivity index (χ4v) is 3.64. The van der Waals surface area contributed by atoms with E-state index in [4.69, 9.17) is 0 Å². The van der Waals surface area contributed by atoms with Crippen LogP contribution in [-0.2, 0) is 21.2 Å². The maximum atomic E-state index is 13.0. The molecule has 0 aliphatic heterocycles. The summed E-state index contributed by atoms with van der Waals surface area (Å²) in [5.41, 5.74) is 1.63. The summed E-state index contributed by atoms with van der Waals surface area (Å²) in [6.07, 6.45) is 1.02. The number of halogens is 1. The van der Waals surface area contributed by atoms with Crippen molar-refractivity contribution in [3.63, 3.8) is 0 Å². The molecule has 5 nitrogen and oxygen atoms in total. The van der Waals surface area contributed by atoms with Gasteiger partial charge in [-0.1, -0.05) is 32.0 Å². The molecule has 0 spiro atoms. The fourth-order valence-electron chi connectivity index (χ4n) is 2.36. The molecule has 2 aromatic carbocycles. The van der Waals surface area contributed by atoms with Crippen LogP contribution < -0.4 is 10.0 Å². The zero-order valence-electron chi connectivity index (χ0n) is 14.1. The summed E-state index contributed by atoms with van der Waals surface area (Å²) in [6.45, 7) is 3.68. The van der Waals surface area contributed by atoms with Gasteiger partial charge < -0.3 is 5.32 Å². The largest absolute Gasteiger partial charge is 0.324 e. The zero-order valence-corrected chi connectivity index (χ0v) is 14.9. The van der Waals surface area contributed by atoms with E-state index in [0.717, 1.165) is 36.2 Å². The Morgan fingerprint density at radius 2 is 1.72 bits per heavy atom. The number of rotatable bonds is 7. The topological polar surface area (TPSA) is 75.3 Å². The number of aryl methyl sites for hydroxylation is 1. The van der Waals surface area contributed by atoms with Crippen LogP contribution in [-0.4, -0.2) is 20.4 Å². The smallest absolute Gasteiger partial charge is 0.242 e. The molecule has 0 aliphatic rings. The molecule has 0 bridgehead atoms. The monoisotopic (exact) mass is 364 g/mol. The Labute approximate surface area is 147 Å². The number of amides is 1. The number of carbonyl (C=O) groups excluding carboxylic acids is 1. The van der Waals surface area contributed by atoms with Gasteiger partial charge in [0.15, 0.2) is 0 Å². The Morgan fingerprint density at radius 3 is 2.32 bits per heavy atom. The molecular formula is C18H21FN2O3S. The van der Waals surface area contributed by atoms with E-state index in [9.17, 15) is 17.6 Å². The third-order valence-corrected chi connectivity index (χ3v) is 5.29. The van der Waals surface area contributed by atoms with Gasteiger partial charge >= 0.3 is 0 Å². The van der Waals surface area contributed by atoms with Crippen LogP contribution in [0.2, 0.25) is 0 Å². The van der Waals surface area contributed by atoms with Gasteiger partial charge in [0.1, 0.15) is 11.9 Å². The number of carbonyl (C=O) groups is 1. The molecule has 0 saturated carbocycles. The molecule has 134 valence electrons. The average molecular weight is 364 g/mol. The number of nitrogens with one attached hydrogen (secondary N) is 2. The normalized spacial score (nSPS) is 12.6. The lowest BCUT2D eigenvalue weighted by Gasteiger charge is -2.18. The number of anilines is 1.